The molecule has 0 N–H and O–H groups in total. The Morgan fingerprint density at radius 2 is 1.07 bits per heavy atom. The third-order valence-corrected chi connectivity index (χ3v) is 6.07. The highest BCUT2D eigenvalue weighted by Gasteiger charge is 2.20. The van der Waals surface area contributed by atoms with Crippen LogP contribution in [0.15, 0.2) is 37.2 Å². The maximum atomic E-state index is 6.21. The second-order valence-electron chi connectivity index (χ2n) is 7.44. The Labute approximate surface area is 187 Å². The van der Waals surface area contributed by atoms with E-state index in [4.69, 9.17) is 23.2 Å². The lowest BCUT2D eigenvalue weighted by Crippen LogP contribution is -2.47. The third-order valence-electron chi connectivity index (χ3n) is 5.53. The molecular weight excluding hydrogens is 423 g/mol. The van der Waals surface area contributed by atoms with Crippen LogP contribution in [0.4, 0.5) is 11.6 Å². The average Bonchev–Trinajstić information content (AvgIpc) is 2.78. The molecule has 4 rings (SSSR count). The van der Waals surface area contributed by atoms with Gasteiger partial charge in [0.1, 0.15) is 22.7 Å². The second-order valence-corrected chi connectivity index (χ2v) is 8.25. The zero-order valence-corrected chi connectivity index (χ0v) is 18.4. The molecule has 30 heavy (non-hydrogen) atoms. The Kier molecular flexibility index (Phi) is 7.33. The van der Waals surface area contributed by atoms with Crippen LogP contribution < -0.4 is 9.80 Å². The molecule has 0 amide bonds. The van der Waals surface area contributed by atoms with Crippen molar-refractivity contribution in [3.63, 3.8) is 0 Å². The molecule has 2 aliphatic rings. The highest BCUT2D eigenvalue weighted by atomic mass is 35.5. The summed E-state index contributed by atoms with van der Waals surface area (Å²) in [6.45, 7) is 9.67. The fraction of sp³-hybridized carbons (Fsp3) is 0.500. The van der Waals surface area contributed by atoms with E-state index in [1.54, 1.807) is 25.0 Å². The Bertz CT molecular complexity index is 779. The number of rotatable bonds is 6. The van der Waals surface area contributed by atoms with E-state index in [1.807, 2.05) is 0 Å². The largest absolute Gasteiger partial charge is 0.353 e. The van der Waals surface area contributed by atoms with Gasteiger partial charge in [-0.1, -0.05) is 35.4 Å². The smallest absolute Gasteiger partial charge is 0.150 e. The van der Waals surface area contributed by atoms with Crippen molar-refractivity contribution in [2.45, 2.75) is 0 Å². The van der Waals surface area contributed by atoms with E-state index in [2.05, 4.69) is 51.7 Å². The minimum absolute atomic E-state index is 0.618. The standard InChI is InChI=1S/C20H26Cl2N8/c21-17-13-23-15-25-19(17)29-9-5-27(6-10-29)3-1-2-4-28-7-11-30(12-8-28)20-18(22)14-24-16-26-20/h1-2,13-16H,3-12H2/b2-1+. The molecule has 2 saturated heterocycles. The van der Waals surface area contributed by atoms with Crippen LogP contribution in [0, 0.1) is 0 Å². The first kappa shape index (κ1) is 21.2. The molecule has 0 spiro atoms. The van der Waals surface area contributed by atoms with Crippen LogP contribution in [-0.2, 0) is 0 Å². The van der Waals surface area contributed by atoms with E-state index >= 15 is 0 Å². The minimum Gasteiger partial charge on any atom is -0.353 e. The summed E-state index contributed by atoms with van der Waals surface area (Å²) in [6, 6.07) is 0. The van der Waals surface area contributed by atoms with Gasteiger partial charge in [-0.2, -0.15) is 0 Å². The molecule has 160 valence electrons. The first-order chi connectivity index (χ1) is 14.7. The van der Waals surface area contributed by atoms with E-state index < -0.39 is 0 Å². The molecular formula is C20H26Cl2N8. The maximum Gasteiger partial charge on any atom is 0.150 e. The number of anilines is 2. The highest BCUT2D eigenvalue weighted by molar-refractivity contribution is 6.33. The molecule has 0 bridgehead atoms. The Morgan fingerprint density at radius 1 is 0.667 bits per heavy atom. The first-order valence-electron chi connectivity index (χ1n) is 10.2. The van der Waals surface area contributed by atoms with Gasteiger partial charge in [0.15, 0.2) is 11.6 Å². The molecule has 10 heteroatoms. The van der Waals surface area contributed by atoms with Gasteiger partial charge < -0.3 is 9.80 Å². The number of hydrogen-bond donors (Lipinski definition) is 0. The molecule has 8 nitrogen and oxygen atoms in total. The molecule has 2 fully saturated rings. The number of piperazine rings is 2. The van der Waals surface area contributed by atoms with E-state index in [-0.39, 0.29) is 0 Å². The Hall–Kier alpha value is -2.00. The van der Waals surface area contributed by atoms with E-state index in [9.17, 15) is 0 Å². The zero-order chi connectivity index (χ0) is 20.8. The van der Waals surface area contributed by atoms with Gasteiger partial charge in [0.05, 0.1) is 12.4 Å². The number of nitrogens with zero attached hydrogens (tertiary/aromatic N) is 8. The Balaban J connectivity index is 1.15. The van der Waals surface area contributed by atoms with Crippen LogP contribution in [0.2, 0.25) is 10.0 Å². The van der Waals surface area contributed by atoms with Gasteiger partial charge in [-0.25, -0.2) is 19.9 Å². The first-order valence-corrected chi connectivity index (χ1v) is 11.0. The zero-order valence-electron chi connectivity index (χ0n) is 16.9. The van der Waals surface area contributed by atoms with Crippen LogP contribution in [0.1, 0.15) is 0 Å². The lowest BCUT2D eigenvalue weighted by atomic mass is 10.3. The number of halogens is 2. The summed E-state index contributed by atoms with van der Waals surface area (Å²) in [5.41, 5.74) is 0. The van der Waals surface area contributed by atoms with Gasteiger partial charge in [-0.3, -0.25) is 9.80 Å². The average molecular weight is 449 g/mol. The molecule has 2 aromatic heterocycles. The fourth-order valence-corrected chi connectivity index (χ4v) is 4.26. The van der Waals surface area contributed by atoms with Crippen molar-refractivity contribution in [1.82, 2.24) is 29.7 Å². The molecule has 0 saturated carbocycles. The van der Waals surface area contributed by atoms with Gasteiger partial charge in [0, 0.05) is 65.4 Å². The predicted molar refractivity (Wildman–Crippen MR) is 121 cm³/mol. The Morgan fingerprint density at radius 3 is 1.43 bits per heavy atom. The SMILES string of the molecule is Clc1cncnc1N1CCN(C/C=C/CN2CCN(c3ncncc3Cl)CC2)CC1. The van der Waals surface area contributed by atoms with Crippen molar-refractivity contribution >= 4 is 34.8 Å². The number of aromatic nitrogens is 4. The summed E-state index contributed by atoms with van der Waals surface area (Å²) in [7, 11) is 0. The molecule has 0 unspecified atom stereocenters. The van der Waals surface area contributed by atoms with E-state index in [1.165, 1.54) is 0 Å². The summed E-state index contributed by atoms with van der Waals surface area (Å²) >= 11 is 12.4. The van der Waals surface area contributed by atoms with Crippen molar-refractivity contribution < 1.29 is 0 Å². The van der Waals surface area contributed by atoms with Crippen LogP contribution in [0.3, 0.4) is 0 Å². The van der Waals surface area contributed by atoms with E-state index in [0.29, 0.717) is 10.0 Å². The molecule has 0 atom stereocenters. The van der Waals surface area contributed by atoms with Crippen LogP contribution >= 0.6 is 23.2 Å². The summed E-state index contributed by atoms with van der Waals surface area (Å²) in [4.78, 5) is 25.9. The summed E-state index contributed by atoms with van der Waals surface area (Å²) in [6.07, 6.45) is 11.0. The van der Waals surface area contributed by atoms with Gasteiger partial charge in [0.25, 0.3) is 0 Å². The minimum atomic E-state index is 0.618. The van der Waals surface area contributed by atoms with Crippen LogP contribution in [0.25, 0.3) is 0 Å². The summed E-state index contributed by atoms with van der Waals surface area (Å²) in [5, 5.41) is 1.24. The van der Waals surface area contributed by atoms with Crippen molar-refractivity contribution in [3.05, 3.63) is 47.2 Å². The molecule has 0 aliphatic carbocycles. The quantitative estimate of drug-likeness (QED) is 0.622. The van der Waals surface area contributed by atoms with Crippen molar-refractivity contribution in [2.75, 3.05) is 75.2 Å². The lowest BCUT2D eigenvalue weighted by Gasteiger charge is -2.35. The molecule has 2 aromatic rings. The van der Waals surface area contributed by atoms with Crippen molar-refractivity contribution in [3.8, 4) is 0 Å². The summed E-state index contributed by atoms with van der Waals surface area (Å²) in [5.74, 6) is 1.67. The fourth-order valence-electron chi connectivity index (χ4n) is 3.81. The van der Waals surface area contributed by atoms with Crippen LogP contribution in [-0.4, -0.2) is 95.2 Å². The van der Waals surface area contributed by atoms with Crippen LogP contribution in [0.5, 0.6) is 0 Å². The topological polar surface area (TPSA) is 64.5 Å². The van der Waals surface area contributed by atoms with Gasteiger partial charge in [-0.15, -0.1) is 0 Å². The molecule has 4 heterocycles. The molecule has 0 aromatic carbocycles. The highest BCUT2D eigenvalue weighted by Crippen LogP contribution is 2.23. The maximum absolute atomic E-state index is 6.21. The summed E-state index contributed by atoms with van der Waals surface area (Å²) < 4.78 is 0. The van der Waals surface area contributed by atoms with Gasteiger partial charge in [-0.05, 0) is 0 Å². The van der Waals surface area contributed by atoms with Gasteiger partial charge in [0.2, 0.25) is 0 Å². The third kappa shape index (κ3) is 5.37. The molecule has 0 radical (unpaired) electrons. The normalized spacial score (nSPS) is 19.0. The number of hydrogen-bond acceptors (Lipinski definition) is 8. The second kappa shape index (κ2) is 10.3. The van der Waals surface area contributed by atoms with Crippen molar-refractivity contribution in [1.29, 1.82) is 0 Å². The lowest BCUT2D eigenvalue weighted by molar-refractivity contribution is 0.276. The molecule has 2 aliphatic heterocycles. The van der Waals surface area contributed by atoms with E-state index in [0.717, 1.165) is 77.1 Å². The predicted octanol–water partition coefficient (Wildman–Crippen LogP) is 2.07. The van der Waals surface area contributed by atoms with Gasteiger partial charge >= 0.3 is 0 Å². The monoisotopic (exact) mass is 448 g/mol. The van der Waals surface area contributed by atoms with Crippen molar-refractivity contribution in [2.24, 2.45) is 0 Å².